The number of carbonyl (C=O) groups excluding carboxylic acids is 1. The Morgan fingerprint density at radius 1 is 1.19 bits per heavy atom. The summed E-state index contributed by atoms with van der Waals surface area (Å²) in [5, 5.41) is 4.27. The molecule has 1 aliphatic rings. The number of rotatable bonds is 4. The van der Waals surface area contributed by atoms with Crippen LogP contribution in [0, 0.1) is 6.92 Å². The summed E-state index contributed by atoms with van der Waals surface area (Å²) in [6, 6.07) is 12.5. The van der Waals surface area contributed by atoms with Gasteiger partial charge < -0.3 is 10.3 Å². The average Bonchev–Trinajstić information content (AvgIpc) is 3.07. The van der Waals surface area contributed by atoms with Crippen molar-refractivity contribution in [2.75, 3.05) is 13.1 Å². The number of piperidine rings is 1. The maximum Gasteiger partial charge on any atom is 0.267 e. The maximum absolute atomic E-state index is 12.6. The van der Waals surface area contributed by atoms with Crippen molar-refractivity contribution in [3.63, 3.8) is 0 Å². The molecule has 3 heterocycles. The van der Waals surface area contributed by atoms with Gasteiger partial charge in [-0.1, -0.05) is 12.1 Å². The molecule has 5 nitrogen and oxygen atoms in total. The normalized spacial score (nSPS) is 16.0. The van der Waals surface area contributed by atoms with E-state index < -0.39 is 0 Å². The molecule has 0 spiro atoms. The molecule has 5 heteroatoms. The van der Waals surface area contributed by atoms with Gasteiger partial charge in [0.1, 0.15) is 5.69 Å². The fourth-order valence-electron chi connectivity index (χ4n) is 3.61. The number of likely N-dealkylation sites (tertiary alicyclic amines) is 1. The molecule has 0 radical (unpaired) electrons. The summed E-state index contributed by atoms with van der Waals surface area (Å²) in [5.74, 6) is -0.00793. The summed E-state index contributed by atoms with van der Waals surface area (Å²) >= 11 is 0. The highest BCUT2D eigenvalue weighted by molar-refractivity contribution is 5.98. The molecule has 1 fully saturated rings. The number of nitrogens with zero attached hydrogens (tertiary/aromatic N) is 2. The van der Waals surface area contributed by atoms with Gasteiger partial charge >= 0.3 is 0 Å². The van der Waals surface area contributed by atoms with E-state index in [-0.39, 0.29) is 11.9 Å². The predicted molar refractivity (Wildman–Crippen MR) is 103 cm³/mol. The summed E-state index contributed by atoms with van der Waals surface area (Å²) in [6.07, 6.45) is 5.64. The van der Waals surface area contributed by atoms with Crippen LogP contribution in [0.4, 0.5) is 0 Å². The average molecular weight is 348 g/mol. The lowest BCUT2D eigenvalue weighted by molar-refractivity contribution is 0.0904. The van der Waals surface area contributed by atoms with Crippen molar-refractivity contribution >= 4 is 16.8 Å². The number of carbonyl (C=O) groups is 1. The second-order valence-electron chi connectivity index (χ2n) is 7.15. The highest BCUT2D eigenvalue weighted by Crippen LogP contribution is 2.18. The number of H-pyrrole nitrogens is 1. The number of fused-ring (bicyclic) bond motifs is 1. The number of nitrogens with one attached hydrogen (secondary N) is 2. The molecule has 26 heavy (non-hydrogen) atoms. The summed E-state index contributed by atoms with van der Waals surface area (Å²) in [4.78, 5) is 22.3. The monoisotopic (exact) mass is 348 g/mol. The molecule has 0 unspecified atom stereocenters. The second kappa shape index (κ2) is 7.30. The minimum atomic E-state index is -0.00793. The van der Waals surface area contributed by atoms with E-state index >= 15 is 0 Å². The van der Waals surface area contributed by atoms with Gasteiger partial charge in [-0.05, 0) is 55.2 Å². The lowest BCUT2D eigenvalue weighted by Crippen LogP contribution is -2.44. The number of pyridine rings is 1. The minimum absolute atomic E-state index is 0.00793. The van der Waals surface area contributed by atoms with E-state index in [1.54, 1.807) is 0 Å². The van der Waals surface area contributed by atoms with Crippen LogP contribution in [0.25, 0.3) is 10.9 Å². The van der Waals surface area contributed by atoms with E-state index in [4.69, 9.17) is 0 Å². The third-order valence-electron chi connectivity index (χ3n) is 5.10. The van der Waals surface area contributed by atoms with Crippen LogP contribution in [0.15, 0.2) is 48.8 Å². The lowest BCUT2D eigenvalue weighted by atomic mass is 10.0. The zero-order valence-corrected chi connectivity index (χ0v) is 15.0. The molecule has 2 N–H and O–H groups in total. The Morgan fingerprint density at radius 3 is 2.73 bits per heavy atom. The number of aromatic amines is 1. The fourth-order valence-corrected chi connectivity index (χ4v) is 3.61. The molecule has 1 aromatic carbocycles. The van der Waals surface area contributed by atoms with Crippen LogP contribution in [0.3, 0.4) is 0 Å². The lowest BCUT2D eigenvalue weighted by Gasteiger charge is -2.32. The number of amides is 1. The Balaban J connectivity index is 1.32. The highest BCUT2D eigenvalue weighted by atomic mass is 16.1. The van der Waals surface area contributed by atoms with Crippen LogP contribution >= 0.6 is 0 Å². The highest BCUT2D eigenvalue weighted by Gasteiger charge is 2.21. The third-order valence-corrected chi connectivity index (χ3v) is 5.10. The molecule has 0 saturated carbocycles. The molecule has 3 aromatic rings. The molecule has 0 aliphatic carbocycles. The first kappa shape index (κ1) is 16.8. The van der Waals surface area contributed by atoms with Crippen molar-refractivity contribution in [3.8, 4) is 0 Å². The third kappa shape index (κ3) is 3.78. The van der Waals surface area contributed by atoms with Gasteiger partial charge in [-0.2, -0.15) is 0 Å². The molecular formula is C21H24N4O. The SMILES string of the molecule is Cc1ccc2cc(C(=O)NC3CCN(Cc4ccncc4)CC3)[nH]c2c1. The Labute approximate surface area is 153 Å². The summed E-state index contributed by atoms with van der Waals surface area (Å²) in [7, 11) is 0. The van der Waals surface area contributed by atoms with Gasteiger partial charge in [0.05, 0.1) is 0 Å². The number of aromatic nitrogens is 2. The van der Waals surface area contributed by atoms with Gasteiger partial charge in [0, 0.05) is 49.0 Å². The van der Waals surface area contributed by atoms with Gasteiger partial charge in [-0.15, -0.1) is 0 Å². The van der Waals surface area contributed by atoms with E-state index in [2.05, 4.69) is 57.4 Å². The van der Waals surface area contributed by atoms with Gasteiger partial charge in [0.2, 0.25) is 0 Å². The van der Waals surface area contributed by atoms with Crippen molar-refractivity contribution in [1.29, 1.82) is 0 Å². The molecule has 134 valence electrons. The van der Waals surface area contributed by atoms with Gasteiger partial charge in [0.25, 0.3) is 5.91 Å². The molecule has 1 amide bonds. The number of benzene rings is 1. The van der Waals surface area contributed by atoms with Crippen LogP contribution in [0.1, 0.15) is 34.5 Å². The van der Waals surface area contributed by atoms with E-state index in [1.807, 2.05) is 18.5 Å². The molecular weight excluding hydrogens is 324 g/mol. The smallest absolute Gasteiger partial charge is 0.267 e. The standard InChI is InChI=1S/C21H24N4O/c1-15-2-3-17-13-20(24-19(17)12-15)21(26)23-18-6-10-25(11-7-18)14-16-4-8-22-9-5-16/h2-5,8-9,12-13,18,24H,6-7,10-11,14H2,1H3,(H,23,26). The zero-order chi connectivity index (χ0) is 17.9. The van der Waals surface area contributed by atoms with E-state index in [0.29, 0.717) is 5.69 Å². The molecule has 4 rings (SSSR count). The Kier molecular flexibility index (Phi) is 4.71. The van der Waals surface area contributed by atoms with Crippen molar-refractivity contribution in [3.05, 3.63) is 65.6 Å². The molecule has 2 aromatic heterocycles. The number of hydrogen-bond acceptors (Lipinski definition) is 3. The maximum atomic E-state index is 12.6. The predicted octanol–water partition coefficient (Wildman–Crippen LogP) is 3.27. The zero-order valence-electron chi connectivity index (χ0n) is 15.0. The van der Waals surface area contributed by atoms with Crippen LogP contribution in [0.5, 0.6) is 0 Å². The molecule has 1 aliphatic heterocycles. The number of aryl methyl sites for hydroxylation is 1. The van der Waals surface area contributed by atoms with Crippen LogP contribution in [-0.4, -0.2) is 39.9 Å². The summed E-state index contributed by atoms with van der Waals surface area (Å²) < 4.78 is 0. The summed E-state index contributed by atoms with van der Waals surface area (Å²) in [6.45, 7) is 5.00. The van der Waals surface area contributed by atoms with Crippen LogP contribution in [0.2, 0.25) is 0 Å². The summed E-state index contributed by atoms with van der Waals surface area (Å²) in [5.41, 5.74) is 4.14. The van der Waals surface area contributed by atoms with E-state index in [9.17, 15) is 4.79 Å². The molecule has 1 saturated heterocycles. The first-order chi connectivity index (χ1) is 12.7. The molecule has 0 bridgehead atoms. The van der Waals surface area contributed by atoms with Crippen LogP contribution in [-0.2, 0) is 6.54 Å². The Bertz CT molecular complexity index is 895. The molecule has 0 atom stereocenters. The van der Waals surface area contributed by atoms with E-state index in [0.717, 1.165) is 43.4 Å². The number of hydrogen-bond donors (Lipinski definition) is 2. The van der Waals surface area contributed by atoms with Gasteiger partial charge in [-0.25, -0.2) is 0 Å². The van der Waals surface area contributed by atoms with Crippen molar-refractivity contribution < 1.29 is 4.79 Å². The van der Waals surface area contributed by atoms with Crippen LogP contribution < -0.4 is 5.32 Å². The largest absolute Gasteiger partial charge is 0.351 e. The topological polar surface area (TPSA) is 61.0 Å². The van der Waals surface area contributed by atoms with Crippen molar-refractivity contribution in [1.82, 2.24) is 20.2 Å². The van der Waals surface area contributed by atoms with Crippen molar-refractivity contribution in [2.24, 2.45) is 0 Å². The first-order valence-corrected chi connectivity index (χ1v) is 9.19. The van der Waals surface area contributed by atoms with Gasteiger partial charge in [0.15, 0.2) is 0 Å². The van der Waals surface area contributed by atoms with E-state index in [1.165, 1.54) is 11.1 Å². The quantitative estimate of drug-likeness (QED) is 0.761. The Morgan fingerprint density at radius 2 is 1.96 bits per heavy atom. The van der Waals surface area contributed by atoms with Gasteiger partial charge in [-0.3, -0.25) is 14.7 Å². The first-order valence-electron chi connectivity index (χ1n) is 9.19. The minimum Gasteiger partial charge on any atom is -0.351 e. The fraction of sp³-hybridized carbons (Fsp3) is 0.333. The second-order valence-corrected chi connectivity index (χ2v) is 7.15. The van der Waals surface area contributed by atoms with Crippen molar-refractivity contribution in [2.45, 2.75) is 32.4 Å². The Hall–Kier alpha value is -2.66.